The van der Waals surface area contributed by atoms with Gasteiger partial charge in [-0.3, -0.25) is 19.3 Å². The molecule has 1 fully saturated rings. The Morgan fingerprint density at radius 2 is 1.80 bits per heavy atom. The summed E-state index contributed by atoms with van der Waals surface area (Å²) in [5, 5.41) is 0. The Hall–Kier alpha value is -2.37. The number of ether oxygens (including phenoxy) is 2. The average Bonchev–Trinajstić information content (AvgIpc) is 2.64. The second kappa shape index (κ2) is 10.1. The number of benzene rings is 1. The number of hydrogen-bond acceptors (Lipinski definition) is 5. The zero-order chi connectivity index (χ0) is 22.5. The van der Waals surface area contributed by atoms with Crippen molar-refractivity contribution in [2.24, 2.45) is 17.8 Å². The van der Waals surface area contributed by atoms with E-state index in [1.807, 2.05) is 37.3 Å². The summed E-state index contributed by atoms with van der Waals surface area (Å²) < 4.78 is 10.8. The van der Waals surface area contributed by atoms with Gasteiger partial charge in [-0.15, -0.1) is 0 Å². The summed E-state index contributed by atoms with van der Waals surface area (Å²) in [6.07, 6.45) is 1.21. The Morgan fingerprint density at radius 3 is 2.37 bits per heavy atom. The standard InChI is InChI=1S/C24H35NO5/c1-7-29-21(26)15-18(13-16(2)3)14-20-22(27)25(24(5,6)30-23(20)28)17(4)19-11-9-8-10-12-19/h8-12,16-18,20H,7,13-15H2,1-6H3. The van der Waals surface area contributed by atoms with Crippen LogP contribution in [-0.4, -0.2) is 35.1 Å². The predicted molar refractivity (Wildman–Crippen MR) is 114 cm³/mol. The quantitative estimate of drug-likeness (QED) is 0.437. The summed E-state index contributed by atoms with van der Waals surface area (Å²) in [7, 11) is 0. The molecule has 6 nitrogen and oxygen atoms in total. The molecule has 1 aliphatic rings. The summed E-state index contributed by atoms with van der Waals surface area (Å²) in [5.74, 6) is -1.77. The van der Waals surface area contributed by atoms with Crippen LogP contribution in [0.25, 0.3) is 0 Å². The van der Waals surface area contributed by atoms with Crippen LogP contribution >= 0.6 is 0 Å². The molecule has 1 amide bonds. The molecule has 0 spiro atoms. The van der Waals surface area contributed by atoms with Crippen molar-refractivity contribution in [1.82, 2.24) is 4.90 Å². The first-order valence-corrected chi connectivity index (χ1v) is 10.8. The lowest BCUT2D eigenvalue weighted by Crippen LogP contribution is -2.60. The lowest BCUT2D eigenvalue weighted by molar-refractivity contribution is -0.210. The van der Waals surface area contributed by atoms with Gasteiger partial charge < -0.3 is 9.47 Å². The van der Waals surface area contributed by atoms with Crippen LogP contribution in [0.3, 0.4) is 0 Å². The van der Waals surface area contributed by atoms with Crippen molar-refractivity contribution in [3.05, 3.63) is 35.9 Å². The smallest absolute Gasteiger partial charge is 0.320 e. The highest BCUT2D eigenvalue weighted by molar-refractivity contribution is 6.00. The molecule has 0 aliphatic carbocycles. The Morgan fingerprint density at radius 1 is 1.17 bits per heavy atom. The van der Waals surface area contributed by atoms with Crippen LogP contribution in [0.15, 0.2) is 30.3 Å². The number of cyclic esters (lactones) is 1. The number of carbonyl (C=O) groups is 3. The zero-order valence-electron chi connectivity index (χ0n) is 19.0. The maximum absolute atomic E-state index is 13.5. The minimum absolute atomic E-state index is 0.124. The van der Waals surface area contributed by atoms with Crippen molar-refractivity contribution in [3.63, 3.8) is 0 Å². The molecule has 0 N–H and O–H groups in total. The van der Waals surface area contributed by atoms with Gasteiger partial charge in [0.25, 0.3) is 0 Å². The van der Waals surface area contributed by atoms with Gasteiger partial charge >= 0.3 is 11.9 Å². The zero-order valence-corrected chi connectivity index (χ0v) is 19.0. The number of esters is 2. The molecular weight excluding hydrogens is 382 g/mol. The van der Waals surface area contributed by atoms with Crippen molar-refractivity contribution in [2.75, 3.05) is 6.61 Å². The summed E-state index contributed by atoms with van der Waals surface area (Å²) in [4.78, 5) is 40.0. The fraction of sp³-hybridized carbons (Fsp3) is 0.625. The van der Waals surface area contributed by atoms with E-state index in [4.69, 9.17) is 9.47 Å². The molecule has 166 valence electrons. The summed E-state index contributed by atoms with van der Waals surface area (Å²) in [5.41, 5.74) is -0.0740. The Bertz CT molecular complexity index is 743. The van der Waals surface area contributed by atoms with Gasteiger partial charge in [0.15, 0.2) is 5.72 Å². The Balaban J connectivity index is 2.26. The van der Waals surface area contributed by atoms with Crippen molar-refractivity contribution in [2.45, 2.75) is 72.6 Å². The van der Waals surface area contributed by atoms with Crippen molar-refractivity contribution in [1.29, 1.82) is 0 Å². The molecule has 30 heavy (non-hydrogen) atoms. The third kappa shape index (κ3) is 5.83. The minimum atomic E-state index is -1.05. The molecule has 1 aromatic carbocycles. The molecular formula is C24H35NO5. The second-order valence-electron chi connectivity index (χ2n) is 8.96. The van der Waals surface area contributed by atoms with Crippen LogP contribution in [0.2, 0.25) is 0 Å². The minimum Gasteiger partial charge on any atom is -0.466 e. The molecule has 0 aromatic heterocycles. The molecule has 3 atom stereocenters. The molecule has 0 saturated carbocycles. The van der Waals surface area contributed by atoms with Crippen LogP contribution in [-0.2, 0) is 23.9 Å². The van der Waals surface area contributed by atoms with E-state index in [1.54, 1.807) is 25.7 Å². The van der Waals surface area contributed by atoms with Gasteiger partial charge in [-0.25, -0.2) is 0 Å². The van der Waals surface area contributed by atoms with Crippen molar-refractivity contribution < 1.29 is 23.9 Å². The SMILES string of the molecule is CCOC(=O)CC(CC(C)C)CC1C(=O)OC(C)(C)N(C(C)c2ccccc2)C1=O. The van der Waals surface area contributed by atoms with Gasteiger partial charge in [0.05, 0.1) is 12.6 Å². The topological polar surface area (TPSA) is 72.9 Å². The monoisotopic (exact) mass is 417 g/mol. The van der Waals surface area contributed by atoms with Crippen LogP contribution in [0.1, 0.15) is 72.4 Å². The molecule has 2 rings (SSSR count). The van der Waals surface area contributed by atoms with E-state index in [0.717, 1.165) is 12.0 Å². The fourth-order valence-corrected chi connectivity index (χ4v) is 4.35. The summed E-state index contributed by atoms with van der Waals surface area (Å²) >= 11 is 0. The highest BCUT2D eigenvalue weighted by Gasteiger charge is 2.49. The van der Waals surface area contributed by atoms with E-state index in [-0.39, 0.29) is 36.7 Å². The van der Waals surface area contributed by atoms with Gasteiger partial charge in [0, 0.05) is 6.42 Å². The molecule has 1 aliphatic heterocycles. The first kappa shape index (κ1) is 23.9. The summed E-state index contributed by atoms with van der Waals surface area (Å²) in [6.45, 7) is 11.6. The second-order valence-corrected chi connectivity index (χ2v) is 8.96. The van der Waals surface area contributed by atoms with Crippen LogP contribution in [0, 0.1) is 17.8 Å². The molecule has 0 bridgehead atoms. The molecule has 6 heteroatoms. The normalized spacial score (nSPS) is 20.6. The molecule has 1 saturated heterocycles. The van der Waals surface area contributed by atoms with Gasteiger partial charge in [0.2, 0.25) is 5.91 Å². The largest absolute Gasteiger partial charge is 0.466 e. The number of amides is 1. The third-order valence-electron chi connectivity index (χ3n) is 5.55. The predicted octanol–water partition coefficient (Wildman–Crippen LogP) is 4.49. The van der Waals surface area contributed by atoms with E-state index >= 15 is 0 Å². The fourth-order valence-electron chi connectivity index (χ4n) is 4.35. The maximum Gasteiger partial charge on any atom is 0.320 e. The van der Waals surface area contributed by atoms with Crippen LogP contribution < -0.4 is 0 Å². The van der Waals surface area contributed by atoms with Crippen LogP contribution in [0.4, 0.5) is 0 Å². The highest BCUT2D eigenvalue weighted by Crippen LogP contribution is 2.38. The first-order valence-electron chi connectivity index (χ1n) is 10.8. The third-order valence-corrected chi connectivity index (χ3v) is 5.55. The van der Waals surface area contributed by atoms with E-state index < -0.39 is 17.6 Å². The molecule has 0 radical (unpaired) electrons. The Labute approximate surface area is 179 Å². The lowest BCUT2D eigenvalue weighted by Gasteiger charge is -2.47. The van der Waals surface area contributed by atoms with E-state index in [1.165, 1.54) is 0 Å². The van der Waals surface area contributed by atoms with Gasteiger partial charge in [-0.1, -0.05) is 44.2 Å². The van der Waals surface area contributed by atoms with E-state index in [2.05, 4.69) is 13.8 Å². The number of nitrogens with zero attached hydrogens (tertiary/aromatic N) is 1. The van der Waals surface area contributed by atoms with Crippen molar-refractivity contribution >= 4 is 17.8 Å². The average molecular weight is 418 g/mol. The summed E-state index contributed by atoms with van der Waals surface area (Å²) in [6, 6.07) is 9.44. The van der Waals surface area contributed by atoms with Crippen molar-refractivity contribution in [3.8, 4) is 0 Å². The first-order chi connectivity index (χ1) is 14.1. The molecule has 1 heterocycles. The van der Waals surface area contributed by atoms with Gasteiger partial charge in [-0.05, 0) is 57.9 Å². The number of carbonyl (C=O) groups excluding carboxylic acids is 3. The Kier molecular flexibility index (Phi) is 8.04. The number of hydrogen-bond donors (Lipinski definition) is 0. The van der Waals surface area contributed by atoms with Gasteiger partial charge in [0.1, 0.15) is 5.92 Å². The van der Waals surface area contributed by atoms with E-state index in [0.29, 0.717) is 12.5 Å². The van der Waals surface area contributed by atoms with Crippen LogP contribution in [0.5, 0.6) is 0 Å². The maximum atomic E-state index is 13.5. The van der Waals surface area contributed by atoms with E-state index in [9.17, 15) is 14.4 Å². The van der Waals surface area contributed by atoms with Gasteiger partial charge in [-0.2, -0.15) is 0 Å². The molecule has 1 aromatic rings. The molecule has 3 unspecified atom stereocenters. The lowest BCUT2D eigenvalue weighted by atomic mass is 9.84. The highest BCUT2D eigenvalue weighted by atomic mass is 16.6. The number of rotatable bonds is 9.